The number of anilines is 1. The SMILES string of the molecule is Cc1ccc(S(=O)(=O)N(CC(=O)N(Cc2ccc(Cl)cc2Cl)[C@@H](C)C(=O)NCC(C)C)c2cc(C)ccc2C)cc1. The summed E-state index contributed by atoms with van der Waals surface area (Å²) in [5, 5.41) is 3.64. The topological polar surface area (TPSA) is 86.8 Å². The molecule has 3 rings (SSSR count). The lowest BCUT2D eigenvalue weighted by Gasteiger charge is -2.33. The van der Waals surface area contributed by atoms with Crippen molar-refractivity contribution in [3.05, 3.63) is 93.0 Å². The fraction of sp³-hybridized carbons (Fsp3) is 0.355. The molecule has 10 heteroatoms. The van der Waals surface area contributed by atoms with Crippen molar-refractivity contribution in [3.8, 4) is 0 Å². The third-order valence-electron chi connectivity index (χ3n) is 6.73. The third-order valence-corrected chi connectivity index (χ3v) is 9.09. The lowest BCUT2D eigenvalue weighted by molar-refractivity contribution is -0.139. The number of nitrogens with zero attached hydrogens (tertiary/aromatic N) is 2. The van der Waals surface area contributed by atoms with Crippen LogP contribution in [0.4, 0.5) is 5.69 Å². The van der Waals surface area contributed by atoms with E-state index in [1.54, 1.807) is 50.2 Å². The van der Waals surface area contributed by atoms with E-state index in [0.29, 0.717) is 33.4 Å². The summed E-state index contributed by atoms with van der Waals surface area (Å²) in [6, 6.07) is 15.9. The third kappa shape index (κ3) is 8.24. The number of rotatable bonds is 11. The van der Waals surface area contributed by atoms with Gasteiger partial charge in [0.05, 0.1) is 10.6 Å². The number of hydrogen-bond acceptors (Lipinski definition) is 4. The molecule has 0 aromatic heterocycles. The van der Waals surface area contributed by atoms with E-state index < -0.39 is 28.5 Å². The second-order valence-corrected chi connectivity index (χ2v) is 13.4. The Labute approximate surface area is 253 Å². The van der Waals surface area contributed by atoms with Crippen molar-refractivity contribution in [1.82, 2.24) is 10.2 Å². The lowest BCUT2D eigenvalue weighted by Crippen LogP contribution is -2.51. The highest BCUT2D eigenvalue weighted by Gasteiger charge is 2.33. The van der Waals surface area contributed by atoms with Crippen LogP contribution in [0.5, 0.6) is 0 Å². The molecular weight excluding hydrogens is 581 g/mol. The monoisotopic (exact) mass is 617 g/mol. The van der Waals surface area contributed by atoms with Gasteiger partial charge in [-0.2, -0.15) is 0 Å². The molecule has 3 aromatic carbocycles. The molecule has 0 unspecified atom stereocenters. The summed E-state index contributed by atoms with van der Waals surface area (Å²) in [7, 11) is -4.15. The Balaban J connectivity index is 2.08. The summed E-state index contributed by atoms with van der Waals surface area (Å²) in [6.07, 6.45) is 0. The number of hydrogen-bond donors (Lipinski definition) is 1. The average molecular weight is 619 g/mol. The average Bonchev–Trinajstić information content (AvgIpc) is 2.91. The Morgan fingerprint density at radius 1 is 0.878 bits per heavy atom. The summed E-state index contributed by atoms with van der Waals surface area (Å²) in [5.74, 6) is -0.697. The van der Waals surface area contributed by atoms with Crippen LogP contribution in [0.2, 0.25) is 10.0 Å². The normalized spacial score (nSPS) is 12.2. The van der Waals surface area contributed by atoms with E-state index in [9.17, 15) is 18.0 Å². The minimum atomic E-state index is -4.15. The summed E-state index contributed by atoms with van der Waals surface area (Å²) in [5.41, 5.74) is 3.40. The van der Waals surface area contributed by atoms with Gasteiger partial charge >= 0.3 is 0 Å². The molecule has 1 atom stereocenters. The second kappa shape index (κ2) is 13.7. The standard InChI is InChI=1S/C31H37Cl2N3O4S/c1-20(2)17-34-31(38)24(6)35(18-25-11-12-26(32)16-28(25)33)30(37)19-36(29-15-22(4)7-10-23(29)5)41(39,40)27-13-8-21(3)9-14-27/h7-16,20,24H,17-19H2,1-6H3,(H,34,38)/t24-/m0/s1. The maximum absolute atomic E-state index is 14.1. The molecule has 0 heterocycles. The van der Waals surface area contributed by atoms with Crippen LogP contribution in [0.25, 0.3) is 0 Å². The van der Waals surface area contributed by atoms with Crippen molar-refractivity contribution in [2.24, 2.45) is 5.92 Å². The summed E-state index contributed by atoms with van der Waals surface area (Å²) < 4.78 is 29.2. The number of nitrogens with one attached hydrogen (secondary N) is 1. The van der Waals surface area contributed by atoms with Crippen molar-refractivity contribution in [2.45, 2.75) is 59.0 Å². The van der Waals surface area contributed by atoms with Crippen LogP contribution >= 0.6 is 23.2 Å². The molecule has 0 saturated heterocycles. The van der Waals surface area contributed by atoms with Crippen molar-refractivity contribution >= 4 is 50.7 Å². The summed E-state index contributed by atoms with van der Waals surface area (Å²) >= 11 is 12.5. The number of aryl methyl sites for hydroxylation is 3. The van der Waals surface area contributed by atoms with Crippen LogP contribution in [-0.4, -0.2) is 44.3 Å². The first kappa shape index (κ1) is 32.4. The fourth-order valence-corrected chi connectivity index (χ4v) is 6.15. The van der Waals surface area contributed by atoms with E-state index in [1.165, 1.54) is 17.0 Å². The smallest absolute Gasteiger partial charge is 0.264 e. The molecular formula is C31H37Cl2N3O4S. The minimum absolute atomic E-state index is 0.0175. The minimum Gasteiger partial charge on any atom is -0.354 e. The Morgan fingerprint density at radius 3 is 2.12 bits per heavy atom. The predicted octanol–water partition coefficient (Wildman–Crippen LogP) is 6.30. The van der Waals surface area contributed by atoms with Crippen molar-refractivity contribution in [3.63, 3.8) is 0 Å². The zero-order valence-corrected chi connectivity index (χ0v) is 26.6. The van der Waals surface area contributed by atoms with E-state index in [1.807, 2.05) is 39.8 Å². The van der Waals surface area contributed by atoms with Crippen LogP contribution in [-0.2, 0) is 26.2 Å². The van der Waals surface area contributed by atoms with Crippen molar-refractivity contribution in [2.75, 3.05) is 17.4 Å². The highest BCUT2D eigenvalue weighted by atomic mass is 35.5. The van der Waals surface area contributed by atoms with Gasteiger partial charge in [-0.25, -0.2) is 8.42 Å². The summed E-state index contributed by atoms with van der Waals surface area (Å²) in [6.45, 7) is 11.0. The largest absolute Gasteiger partial charge is 0.354 e. The molecule has 0 aliphatic carbocycles. The highest BCUT2D eigenvalue weighted by molar-refractivity contribution is 7.92. The van der Waals surface area contributed by atoms with Gasteiger partial charge < -0.3 is 10.2 Å². The summed E-state index contributed by atoms with van der Waals surface area (Å²) in [4.78, 5) is 28.6. The molecule has 3 aromatic rings. The number of amides is 2. The molecule has 0 spiro atoms. The molecule has 0 aliphatic heterocycles. The van der Waals surface area contributed by atoms with Gasteiger partial charge in [0.1, 0.15) is 12.6 Å². The molecule has 1 N–H and O–H groups in total. The first-order valence-electron chi connectivity index (χ1n) is 13.4. The van der Waals surface area contributed by atoms with Crippen LogP contribution < -0.4 is 9.62 Å². The van der Waals surface area contributed by atoms with E-state index >= 15 is 0 Å². The molecule has 220 valence electrons. The number of sulfonamides is 1. The molecule has 7 nitrogen and oxygen atoms in total. The maximum atomic E-state index is 14.1. The Hall–Kier alpha value is -3.07. The van der Waals surface area contributed by atoms with Gasteiger partial charge in [0, 0.05) is 23.1 Å². The van der Waals surface area contributed by atoms with E-state index in [0.717, 1.165) is 15.4 Å². The number of benzene rings is 3. The quantitative estimate of drug-likeness (QED) is 0.273. The first-order chi connectivity index (χ1) is 19.2. The molecule has 2 amide bonds. The predicted molar refractivity (Wildman–Crippen MR) is 166 cm³/mol. The Kier molecular flexibility index (Phi) is 10.9. The van der Waals surface area contributed by atoms with Gasteiger partial charge in [-0.3, -0.25) is 13.9 Å². The Bertz CT molecular complexity index is 1510. The van der Waals surface area contributed by atoms with Gasteiger partial charge in [-0.15, -0.1) is 0 Å². The molecule has 41 heavy (non-hydrogen) atoms. The number of carbonyl (C=O) groups is 2. The van der Waals surface area contributed by atoms with Crippen molar-refractivity contribution in [1.29, 1.82) is 0 Å². The molecule has 0 bridgehead atoms. The van der Waals surface area contributed by atoms with Gasteiger partial charge in [-0.1, -0.05) is 72.9 Å². The fourth-order valence-electron chi connectivity index (χ4n) is 4.21. The van der Waals surface area contributed by atoms with Gasteiger partial charge in [0.25, 0.3) is 10.0 Å². The van der Waals surface area contributed by atoms with Gasteiger partial charge in [0.2, 0.25) is 11.8 Å². The van der Waals surface area contributed by atoms with E-state index in [-0.39, 0.29) is 23.3 Å². The lowest BCUT2D eigenvalue weighted by atomic mass is 10.1. The van der Waals surface area contributed by atoms with Crippen molar-refractivity contribution < 1.29 is 18.0 Å². The first-order valence-corrected chi connectivity index (χ1v) is 15.6. The number of halogens is 2. The molecule has 0 aliphatic rings. The maximum Gasteiger partial charge on any atom is 0.264 e. The highest BCUT2D eigenvalue weighted by Crippen LogP contribution is 2.29. The zero-order valence-electron chi connectivity index (χ0n) is 24.2. The molecule has 0 saturated carbocycles. The van der Waals surface area contributed by atoms with E-state index in [4.69, 9.17) is 23.2 Å². The number of carbonyl (C=O) groups excluding carboxylic acids is 2. The van der Waals surface area contributed by atoms with Gasteiger partial charge in [-0.05, 0) is 80.6 Å². The van der Waals surface area contributed by atoms with Crippen LogP contribution in [0.15, 0.2) is 65.6 Å². The molecule has 0 radical (unpaired) electrons. The van der Waals surface area contributed by atoms with Gasteiger partial charge in [0.15, 0.2) is 0 Å². The van der Waals surface area contributed by atoms with Crippen LogP contribution in [0.1, 0.15) is 43.0 Å². The second-order valence-electron chi connectivity index (χ2n) is 10.7. The zero-order chi connectivity index (χ0) is 30.5. The van der Waals surface area contributed by atoms with Crippen LogP contribution in [0, 0.1) is 26.7 Å². The molecule has 0 fully saturated rings. The van der Waals surface area contributed by atoms with Crippen LogP contribution in [0.3, 0.4) is 0 Å². The van der Waals surface area contributed by atoms with E-state index in [2.05, 4.69) is 5.32 Å². The Morgan fingerprint density at radius 2 is 1.51 bits per heavy atom.